The molecule has 1 aromatic carbocycles. The lowest BCUT2D eigenvalue weighted by Crippen LogP contribution is -2.52. The van der Waals surface area contributed by atoms with Crippen LogP contribution in [0.15, 0.2) is 24.4 Å². The first-order valence-corrected chi connectivity index (χ1v) is 9.62. The molecule has 4 rings (SSSR count). The van der Waals surface area contributed by atoms with Gasteiger partial charge in [-0.05, 0) is 23.6 Å². The maximum absolute atomic E-state index is 12.8. The number of nitrogens with one attached hydrogen (secondary N) is 2. The average molecular weight is 397 g/mol. The Bertz CT molecular complexity index is 955. The molecular weight excluding hydrogens is 374 g/mol. The summed E-state index contributed by atoms with van der Waals surface area (Å²) in [5.41, 5.74) is 8.86. The van der Waals surface area contributed by atoms with Gasteiger partial charge in [-0.15, -0.1) is 5.10 Å². The number of aromatic nitrogens is 3. The smallest absolute Gasteiger partial charge is 0.255 e. The molecule has 10 heteroatoms. The zero-order valence-electron chi connectivity index (χ0n) is 15.9. The predicted molar refractivity (Wildman–Crippen MR) is 102 cm³/mol. The zero-order chi connectivity index (χ0) is 20.4. The molecule has 3 amide bonds. The number of hydrogen-bond acceptors (Lipinski definition) is 7. The number of imide groups is 1. The van der Waals surface area contributed by atoms with E-state index in [4.69, 9.17) is 5.73 Å². The van der Waals surface area contributed by atoms with E-state index in [1.165, 1.54) is 0 Å². The summed E-state index contributed by atoms with van der Waals surface area (Å²) in [5.74, 6) is -0.841. The maximum atomic E-state index is 12.8. The molecule has 1 unspecified atom stereocenters. The van der Waals surface area contributed by atoms with Crippen molar-refractivity contribution in [2.45, 2.75) is 45.1 Å². The summed E-state index contributed by atoms with van der Waals surface area (Å²) >= 11 is 0. The molecule has 0 radical (unpaired) electrons. The van der Waals surface area contributed by atoms with Gasteiger partial charge in [-0.25, -0.2) is 0 Å². The highest BCUT2D eigenvalue weighted by molar-refractivity contribution is 6.05. The zero-order valence-corrected chi connectivity index (χ0v) is 15.9. The Balaban J connectivity index is 1.39. The molecule has 29 heavy (non-hydrogen) atoms. The van der Waals surface area contributed by atoms with Gasteiger partial charge < -0.3 is 16.0 Å². The van der Waals surface area contributed by atoms with E-state index in [0.29, 0.717) is 44.7 Å². The van der Waals surface area contributed by atoms with Gasteiger partial charge in [0.05, 0.1) is 12.2 Å². The fraction of sp³-hybridized carbons (Fsp3) is 0.421. The molecule has 0 spiro atoms. The van der Waals surface area contributed by atoms with Gasteiger partial charge in [0.15, 0.2) is 0 Å². The monoisotopic (exact) mass is 397 g/mol. The predicted octanol–water partition coefficient (Wildman–Crippen LogP) is -0.712. The second-order valence-electron chi connectivity index (χ2n) is 7.20. The number of hydrogen-bond donors (Lipinski definition) is 3. The average Bonchev–Trinajstić information content (AvgIpc) is 3.30. The highest BCUT2D eigenvalue weighted by atomic mass is 16.2. The summed E-state index contributed by atoms with van der Waals surface area (Å²) in [5, 5.41) is 13.6. The summed E-state index contributed by atoms with van der Waals surface area (Å²) in [7, 11) is 0. The number of piperidine rings is 1. The molecule has 10 nitrogen and oxygen atoms in total. The minimum absolute atomic E-state index is 0.159. The van der Waals surface area contributed by atoms with Crippen LogP contribution in [-0.2, 0) is 35.8 Å². The number of carbonyl (C=O) groups is 3. The summed E-state index contributed by atoms with van der Waals surface area (Å²) in [6.45, 7) is 2.67. The summed E-state index contributed by atoms with van der Waals surface area (Å²) < 4.78 is 1.73. The minimum atomic E-state index is -0.600. The summed E-state index contributed by atoms with van der Waals surface area (Å²) in [6.07, 6.45) is 2.43. The molecule has 0 bridgehead atoms. The molecule has 3 heterocycles. The van der Waals surface area contributed by atoms with E-state index in [9.17, 15) is 14.4 Å². The molecule has 1 atom stereocenters. The lowest BCUT2D eigenvalue weighted by Gasteiger charge is -2.29. The summed E-state index contributed by atoms with van der Waals surface area (Å²) in [4.78, 5) is 38.0. The normalized spacial score (nSPS) is 18.9. The number of nitrogens with zero attached hydrogens (tertiary/aromatic N) is 4. The van der Waals surface area contributed by atoms with Gasteiger partial charge >= 0.3 is 0 Å². The largest absolute Gasteiger partial charge is 0.325 e. The molecule has 1 saturated heterocycles. The Morgan fingerprint density at radius 3 is 2.90 bits per heavy atom. The number of carbonyl (C=O) groups excluding carboxylic acids is 3. The molecule has 2 aliphatic rings. The number of amides is 3. The van der Waals surface area contributed by atoms with Gasteiger partial charge in [-0.1, -0.05) is 17.3 Å². The van der Waals surface area contributed by atoms with Crippen LogP contribution in [-0.4, -0.2) is 50.2 Å². The first-order chi connectivity index (χ1) is 14.1. The van der Waals surface area contributed by atoms with Crippen LogP contribution in [0, 0.1) is 0 Å². The van der Waals surface area contributed by atoms with Crippen LogP contribution in [0.1, 0.15) is 40.0 Å². The Morgan fingerprint density at radius 1 is 1.28 bits per heavy atom. The van der Waals surface area contributed by atoms with Crippen molar-refractivity contribution in [3.63, 3.8) is 0 Å². The third-order valence-corrected chi connectivity index (χ3v) is 5.31. The van der Waals surface area contributed by atoms with E-state index in [2.05, 4.69) is 20.9 Å². The minimum Gasteiger partial charge on any atom is -0.325 e. The van der Waals surface area contributed by atoms with Crippen molar-refractivity contribution in [3.8, 4) is 0 Å². The van der Waals surface area contributed by atoms with Crippen LogP contribution in [0.2, 0.25) is 0 Å². The van der Waals surface area contributed by atoms with E-state index >= 15 is 0 Å². The first-order valence-electron chi connectivity index (χ1n) is 9.62. The van der Waals surface area contributed by atoms with E-state index in [-0.39, 0.29) is 18.2 Å². The van der Waals surface area contributed by atoms with E-state index in [0.717, 1.165) is 16.8 Å². The van der Waals surface area contributed by atoms with Gasteiger partial charge in [0.2, 0.25) is 11.8 Å². The van der Waals surface area contributed by atoms with Crippen LogP contribution in [0.4, 0.5) is 0 Å². The quantitative estimate of drug-likeness (QED) is 0.415. The van der Waals surface area contributed by atoms with Crippen LogP contribution < -0.4 is 16.4 Å². The lowest BCUT2D eigenvalue weighted by molar-refractivity contribution is -0.136. The highest BCUT2D eigenvalue weighted by Crippen LogP contribution is 2.29. The Morgan fingerprint density at radius 2 is 2.14 bits per heavy atom. The second-order valence-corrected chi connectivity index (χ2v) is 7.20. The van der Waals surface area contributed by atoms with Crippen LogP contribution >= 0.6 is 0 Å². The second kappa shape index (κ2) is 8.10. The lowest BCUT2D eigenvalue weighted by atomic mass is 10.0. The van der Waals surface area contributed by atoms with Crippen molar-refractivity contribution in [3.05, 3.63) is 46.8 Å². The molecule has 1 aromatic heterocycles. The fourth-order valence-electron chi connectivity index (χ4n) is 3.77. The van der Waals surface area contributed by atoms with Gasteiger partial charge in [0.1, 0.15) is 6.04 Å². The Kier molecular flexibility index (Phi) is 5.36. The Labute approximate surface area is 167 Å². The van der Waals surface area contributed by atoms with Gasteiger partial charge in [0, 0.05) is 44.4 Å². The van der Waals surface area contributed by atoms with Gasteiger partial charge in [0.25, 0.3) is 5.91 Å². The third-order valence-electron chi connectivity index (χ3n) is 5.31. The van der Waals surface area contributed by atoms with Crippen molar-refractivity contribution in [1.82, 2.24) is 30.5 Å². The number of benzene rings is 1. The standard InChI is InChI=1S/C19H23N7O3/c20-8-13-10-25(24-23-13)7-6-21-9-12-2-1-3-14-15(12)11-26(19(14)29)16-4-5-17(27)22-18(16)28/h1-3,10,16,21H,4-9,11,20H2,(H,22,27,28). The number of nitrogens with two attached hydrogens (primary N) is 1. The Hall–Kier alpha value is -3.11. The van der Waals surface area contributed by atoms with Crippen molar-refractivity contribution in [2.75, 3.05) is 6.54 Å². The van der Waals surface area contributed by atoms with Crippen LogP contribution in [0.3, 0.4) is 0 Å². The third kappa shape index (κ3) is 3.89. The SMILES string of the molecule is NCc1cn(CCNCc2cccc3c2CN(C2CCC(=O)NC2=O)C3=O)nn1. The van der Waals surface area contributed by atoms with Crippen molar-refractivity contribution < 1.29 is 14.4 Å². The van der Waals surface area contributed by atoms with Crippen molar-refractivity contribution in [2.24, 2.45) is 5.73 Å². The molecular formula is C19H23N7O3. The van der Waals surface area contributed by atoms with E-state index < -0.39 is 11.9 Å². The molecule has 0 aliphatic carbocycles. The van der Waals surface area contributed by atoms with Crippen LogP contribution in [0.25, 0.3) is 0 Å². The van der Waals surface area contributed by atoms with E-state index in [1.54, 1.807) is 15.6 Å². The molecule has 1 fully saturated rings. The van der Waals surface area contributed by atoms with Crippen molar-refractivity contribution >= 4 is 17.7 Å². The number of fused-ring (bicyclic) bond motifs is 1. The first kappa shape index (κ1) is 19.2. The fourth-order valence-corrected chi connectivity index (χ4v) is 3.77. The summed E-state index contributed by atoms with van der Waals surface area (Å²) in [6, 6.07) is 5.02. The topological polar surface area (TPSA) is 135 Å². The maximum Gasteiger partial charge on any atom is 0.255 e. The van der Waals surface area contributed by atoms with Gasteiger partial charge in [-0.3, -0.25) is 24.4 Å². The molecule has 2 aliphatic heterocycles. The number of rotatable bonds is 7. The van der Waals surface area contributed by atoms with Gasteiger partial charge in [-0.2, -0.15) is 0 Å². The van der Waals surface area contributed by atoms with Crippen molar-refractivity contribution in [1.29, 1.82) is 0 Å². The molecule has 152 valence electrons. The molecule has 2 aromatic rings. The van der Waals surface area contributed by atoms with E-state index in [1.807, 2.05) is 18.3 Å². The molecule has 0 saturated carbocycles. The highest BCUT2D eigenvalue weighted by Gasteiger charge is 2.39. The molecule has 4 N–H and O–H groups in total. The van der Waals surface area contributed by atoms with Crippen LogP contribution in [0.5, 0.6) is 0 Å².